The zero-order chi connectivity index (χ0) is 23.2. The van der Waals surface area contributed by atoms with Crippen LogP contribution in [0, 0.1) is 41.9 Å². The molecule has 5 rings (SSSR count). The highest BCUT2D eigenvalue weighted by Gasteiger charge is 2.63. The predicted octanol–water partition coefficient (Wildman–Crippen LogP) is 5.59. The van der Waals surface area contributed by atoms with E-state index in [-0.39, 0.29) is 5.78 Å². The van der Waals surface area contributed by atoms with E-state index in [0.29, 0.717) is 5.56 Å². The van der Waals surface area contributed by atoms with Crippen molar-refractivity contribution in [1.29, 1.82) is 10.5 Å². The number of fused-ring (bicyclic) bond motifs is 3. The van der Waals surface area contributed by atoms with Crippen LogP contribution in [0.1, 0.15) is 38.5 Å². The molecule has 0 spiro atoms. The van der Waals surface area contributed by atoms with Gasteiger partial charge in [0.05, 0.1) is 18.2 Å². The van der Waals surface area contributed by atoms with Gasteiger partial charge in [-0.2, -0.15) is 10.5 Å². The van der Waals surface area contributed by atoms with E-state index in [1.807, 2.05) is 85.5 Å². The minimum Gasteiger partial charge on any atom is -0.351 e. The van der Waals surface area contributed by atoms with Gasteiger partial charge in [0.25, 0.3) is 0 Å². The Kier molecular flexibility index (Phi) is 4.88. The Morgan fingerprint density at radius 1 is 0.939 bits per heavy atom. The highest BCUT2D eigenvalue weighted by molar-refractivity contribution is 6.04. The fourth-order valence-corrected chi connectivity index (χ4v) is 5.53. The summed E-state index contributed by atoms with van der Waals surface area (Å²) in [5, 5.41) is 21.0. The highest BCUT2D eigenvalue weighted by Crippen LogP contribution is 2.56. The zero-order valence-electron chi connectivity index (χ0n) is 18.6. The van der Waals surface area contributed by atoms with Gasteiger partial charge in [0.15, 0.2) is 11.2 Å². The molecule has 2 aliphatic heterocycles. The number of nitriles is 2. The van der Waals surface area contributed by atoms with Crippen LogP contribution in [0.25, 0.3) is 6.08 Å². The van der Waals surface area contributed by atoms with E-state index in [9.17, 15) is 15.3 Å². The molecule has 2 heterocycles. The third-order valence-corrected chi connectivity index (χ3v) is 7.00. The predicted molar refractivity (Wildman–Crippen MR) is 129 cm³/mol. The van der Waals surface area contributed by atoms with Crippen LogP contribution < -0.4 is 4.90 Å². The summed E-state index contributed by atoms with van der Waals surface area (Å²) < 4.78 is 0. The molecule has 0 saturated carbocycles. The number of carbonyl (C=O) groups is 1. The normalized spacial score (nSPS) is 22.1. The van der Waals surface area contributed by atoms with Crippen LogP contribution in [-0.2, 0) is 0 Å². The Labute approximate surface area is 194 Å². The van der Waals surface area contributed by atoms with E-state index in [1.54, 1.807) is 12.1 Å². The van der Waals surface area contributed by atoms with E-state index in [2.05, 4.69) is 18.2 Å². The van der Waals surface area contributed by atoms with E-state index < -0.39 is 23.4 Å². The van der Waals surface area contributed by atoms with Gasteiger partial charge < -0.3 is 4.90 Å². The van der Waals surface area contributed by atoms with Crippen molar-refractivity contribution in [3.8, 4) is 12.1 Å². The molecule has 2 aliphatic rings. The van der Waals surface area contributed by atoms with Crippen LogP contribution in [0.4, 0.5) is 5.69 Å². The van der Waals surface area contributed by atoms with Crippen LogP contribution in [0.3, 0.4) is 0 Å². The van der Waals surface area contributed by atoms with Gasteiger partial charge in [0, 0.05) is 17.2 Å². The number of hydrogen-bond donors (Lipinski definition) is 0. The molecule has 0 aliphatic carbocycles. The number of aryl methyl sites for hydroxylation is 2. The number of rotatable bonds is 3. The molecular weight excluding hydrogens is 406 g/mol. The standard InChI is InChI=1S/C29H23N3O/c1-19-12-14-23(20(2)16-19)26-27(28(33)22-9-4-3-5-10-22)32-24-11-7-6-8-21(24)13-15-25(32)29(26,17-30)18-31/h3-16,25-27H,1-2H3/t25?,26-,27+/m0/s1. The van der Waals surface area contributed by atoms with E-state index >= 15 is 0 Å². The largest absolute Gasteiger partial charge is 0.351 e. The van der Waals surface area contributed by atoms with Crippen molar-refractivity contribution in [2.45, 2.75) is 31.8 Å². The number of anilines is 1. The van der Waals surface area contributed by atoms with Gasteiger partial charge in [-0.25, -0.2) is 0 Å². The first-order valence-electron chi connectivity index (χ1n) is 11.1. The minimum atomic E-state index is -1.42. The van der Waals surface area contributed by atoms with Crippen molar-refractivity contribution < 1.29 is 4.79 Å². The summed E-state index contributed by atoms with van der Waals surface area (Å²) in [5.74, 6) is -0.690. The van der Waals surface area contributed by atoms with E-state index in [4.69, 9.17) is 0 Å². The third-order valence-electron chi connectivity index (χ3n) is 7.00. The lowest BCUT2D eigenvalue weighted by atomic mass is 9.68. The summed E-state index contributed by atoms with van der Waals surface area (Å²) in [6.45, 7) is 4.01. The maximum Gasteiger partial charge on any atom is 0.185 e. The number of Topliss-reactive ketones (excluding diaryl/α,β-unsaturated/α-hetero) is 1. The molecular formula is C29H23N3O. The summed E-state index contributed by atoms with van der Waals surface area (Å²) in [4.78, 5) is 16.1. The molecule has 1 unspecified atom stereocenters. The number of hydrogen-bond acceptors (Lipinski definition) is 4. The molecule has 3 aromatic carbocycles. The number of nitrogens with zero attached hydrogens (tertiary/aromatic N) is 3. The van der Waals surface area contributed by atoms with Gasteiger partial charge in [-0.05, 0) is 36.6 Å². The minimum absolute atomic E-state index is 0.0805. The Hall–Kier alpha value is -4.15. The van der Waals surface area contributed by atoms with Gasteiger partial charge in [0.2, 0.25) is 0 Å². The zero-order valence-corrected chi connectivity index (χ0v) is 18.6. The third kappa shape index (κ3) is 2.99. The van der Waals surface area contributed by atoms with Crippen molar-refractivity contribution >= 4 is 17.5 Å². The summed E-state index contributed by atoms with van der Waals surface area (Å²) in [7, 11) is 0. The molecule has 1 fully saturated rings. The van der Waals surface area contributed by atoms with Crippen LogP contribution in [-0.4, -0.2) is 17.9 Å². The molecule has 160 valence electrons. The molecule has 3 aromatic rings. The van der Waals surface area contributed by atoms with Crippen molar-refractivity contribution in [3.05, 3.63) is 107 Å². The van der Waals surface area contributed by atoms with E-state index in [0.717, 1.165) is 27.9 Å². The van der Waals surface area contributed by atoms with Gasteiger partial charge in [-0.3, -0.25) is 4.79 Å². The molecule has 4 nitrogen and oxygen atoms in total. The fraction of sp³-hybridized carbons (Fsp3) is 0.207. The second-order valence-electron chi connectivity index (χ2n) is 8.88. The van der Waals surface area contributed by atoms with Crippen LogP contribution in [0.15, 0.2) is 78.9 Å². The average molecular weight is 430 g/mol. The van der Waals surface area contributed by atoms with Gasteiger partial charge >= 0.3 is 0 Å². The first-order chi connectivity index (χ1) is 16.0. The Morgan fingerprint density at radius 2 is 1.64 bits per heavy atom. The average Bonchev–Trinajstić information content (AvgIpc) is 3.15. The molecule has 0 bridgehead atoms. The number of benzene rings is 3. The summed E-state index contributed by atoms with van der Waals surface area (Å²) in [6.07, 6.45) is 3.89. The summed E-state index contributed by atoms with van der Waals surface area (Å²) >= 11 is 0. The van der Waals surface area contributed by atoms with Gasteiger partial charge in [-0.15, -0.1) is 0 Å². The Bertz CT molecular complexity index is 1350. The first-order valence-corrected chi connectivity index (χ1v) is 11.1. The maximum absolute atomic E-state index is 14.1. The maximum atomic E-state index is 14.1. The lowest BCUT2D eigenvalue weighted by molar-refractivity contribution is 0.0951. The van der Waals surface area contributed by atoms with Gasteiger partial charge in [-0.1, -0.05) is 84.4 Å². The van der Waals surface area contributed by atoms with Crippen LogP contribution in [0.5, 0.6) is 0 Å². The fourth-order valence-electron chi connectivity index (χ4n) is 5.53. The smallest absolute Gasteiger partial charge is 0.185 e. The Morgan fingerprint density at radius 3 is 2.33 bits per heavy atom. The second kappa shape index (κ2) is 7.76. The highest BCUT2D eigenvalue weighted by atomic mass is 16.1. The molecule has 33 heavy (non-hydrogen) atoms. The summed E-state index contributed by atoms with van der Waals surface area (Å²) in [5.41, 5.74) is 3.97. The SMILES string of the molecule is Cc1ccc([C@H]2[C@H](C(=O)c3ccccc3)N3c4ccccc4C=CC3C2(C#N)C#N)c(C)c1. The molecule has 0 N–H and O–H groups in total. The summed E-state index contributed by atoms with van der Waals surface area (Å²) in [6, 6.07) is 26.6. The molecule has 4 heteroatoms. The quantitative estimate of drug-likeness (QED) is 0.509. The first kappa shape index (κ1) is 20.7. The number of para-hydroxylation sites is 1. The van der Waals surface area contributed by atoms with Crippen molar-refractivity contribution in [2.75, 3.05) is 4.90 Å². The lowest BCUT2D eigenvalue weighted by Crippen LogP contribution is -2.44. The Balaban J connectivity index is 1.81. The van der Waals surface area contributed by atoms with Gasteiger partial charge in [0.1, 0.15) is 6.04 Å². The molecule has 0 aromatic heterocycles. The van der Waals surface area contributed by atoms with Crippen LogP contribution in [0.2, 0.25) is 0 Å². The molecule has 0 amide bonds. The second-order valence-corrected chi connectivity index (χ2v) is 8.88. The number of carbonyl (C=O) groups excluding carboxylic acids is 1. The monoisotopic (exact) mass is 429 g/mol. The van der Waals surface area contributed by atoms with Crippen molar-refractivity contribution in [3.63, 3.8) is 0 Å². The number of ketones is 1. The van der Waals surface area contributed by atoms with Crippen LogP contribution >= 0.6 is 0 Å². The topological polar surface area (TPSA) is 67.9 Å². The molecule has 1 saturated heterocycles. The van der Waals surface area contributed by atoms with Crippen molar-refractivity contribution in [2.24, 2.45) is 5.41 Å². The molecule has 0 radical (unpaired) electrons. The lowest BCUT2D eigenvalue weighted by Gasteiger charge is -2.35. The van der Waals surface area contributed by atoms with E-state index in [1.165, 1.54) is 0 Å². The van der Waals surface area contributed by atoms with Crippen molar-refractivity contribution in [1.82, 2.24) is 0 Å². The molecule has 3 atom stereocenters.